The van der Waals surface area contributed by atoms with Crippen molar-refractivity contribution in [1.82, 2.24) is 14.5 Å². The summed E-state index contributed by atoms with van der Waals surface area (Å²) in [6, 6.07) is 10.6. The van der Waals surface area contributed by atoms with E-state index in [9.17, 15) is 8.42 Å². The van der Waals surface area contributed by atoms with E-state index >= 15 is 0 Å². The Labute approximate surface area is 125 Å². The lowest BCUT2D eigenvalue weighted by Gasteiger charge is -2.39. The normalized spacial score (nSPS) is 24.0. The van der Waals surface area contributed by atoms with Crippen molar-refractivity contribution in [1.29, 1.82) is 0 Å². The number of benzene rings is 1. The maximum atomic E-state index is 12.7. The number of rotatable bonds is 3. The molecule has 1 fully saturated rings. The predicted octanol–water partition coefficient (Wildman–Crippen LogP) is 2.15. The van der Waals surface area contributed by atoms with Crippen molar-refractivity contribution in [3.63, 3.8) is 0 Å². The highest BCUT2D eigenvalue weighted by molar-refractivity contribution is 7.89. The Morgan fingerprint density at radius 2 is 2.00 bits per heavy atom. The largest absolute Gasteiger partial charge is 0.282 e. The molecule has 1 aromatic carbocycles. The molecule has 1 aliphatic rings. The molecular weight excluding hydrogens is 286 g/mol. The summed E-state index contributed by atoms with van der Waals surface area (Å²) in [6.45, 7) is 3.14. The van der Waals surface area contributed by atoms with Gasteiger partial charge in [-0.25, -0.2) is 8.42 Å². The predicted molar refractivity (Wildman–Crippen MR) is 80.4 cm³/mol. The van der Waals surface area contributed by atoms with Gasteiger partial charge < -0.3 is 0 Å². The van der Waals surface area contributed by atoms with Crippen molar-refractivity contribution >= 4 is 10.0 Å². The van der Waals surface area contributed by atoms with E-state index in [0.29, 0.717) is 18.0 Å². The number of nitrogens with zero attached hydrogens (tertiary/aromatic N) is 2. The van der Waals surface area contributed by atoms with Crippen LogP contribution in [0.3, 0.4) is 0 Å². The quantitative estimate of drug-likeness (QED) is 0.945. The molecule has 2 heterocycles. The Morgan fingerprint density at radius 1 is 1.24 bits per heavy atom. The van der Waals surface area contributed by atoms with E-state index in [1.807, 2.05) is 12.1 Å². The van der Waals surface area contributed by atoms with Crippen LogP contribution in [0.5, 0.6) is 0 Å². The number of aromatic nitrogens is 2. The lowest BCUT2D eigenvalue weighted by Crippen LogP contribution is -2.47. The molecule has 0 aliphatic carbocycles. The first kappa shape index (κ1) is 14.3. The second-order valence-electron chi connectivity index (χ2n) is 5.79. The van der Waals surface area contributed by atoms with Gasteiger partial charge in [-0.1, -0.05) is 25.1 Å². The zero-order valence-corrected chi connectivity index (χ0v) is 12.8. The highest BCUT2D eigenvalue weighted by Gasteiger charge is 2.38. The van der Waals surface area contributed by atoms with Crippen LogP contribution < -0.4 is 0 Å². The first-order valence-electron chi connectivity index (χ1n) is 7.07. The summed E-state index contributed by atoms with van der Waals surface area (Å²) >= 11 is 0. The number of H-pyrrole nitrogens is 1. The van der Waals surface area contributed by atoms with Gasteiger partial charge in [0.1, 0.15) is 0 Å². The molecule has 21 heavy (non-hydrogen) atoms. The molecule has 1 atom stereocenters. The summed E-state index contributed by atoms with van der Waals surface area (Å²) in [5.41, 5.74) is 0.784. The van der Waals surface area contributed by atoms with Crippen molar-refractivity contribution in [3.8, 4) is 0 Å². The van der Waals surface area contributed by atoms with Crippen LogP contribution >= 0.6 is 0 Å². The summed E-state index contributed by atoms with van der Waals surface area (Å²) in [4.78, 5) is 0.360. The van der Waals surface area contributed by atoms with Crippen molar-refractivity contribution in [2.45, 2.75) is 30.1 Å². The van der Waals surface area contributed by atoms with Crippen LogP contribution in [0.2, 0.25) is 0 Å². The number of piperidine rings is 1. The minimum atomic E-state index is -3.43. The number of sulfonamides is 1. The first-order valence-corrected chi connectivity index (χ1v) is 8.51. The number of hydrogen-bond donors (Lipinski definition) is 1. The van der Waals surface area contributed by atoms with Gasteiger partial charge in [-0.15, -0.1) is 0 Å². The Balaban J connectivity index is 1.90. The SMILES string of the molecule is CC1(c2ccn[nH]2)CCCN(S(=O)(=O)c2ccccc2)C1. The van der Waals surface area contributed by atoms with Gasteiger partial charge in [-0.05, 0) is 31.0 Å². The fourth-order valence-electron chi connectivity index (χ4n) is 2.95. The summed E-state index contributed by atoms with van der Waals surface area (Å²) < 4.78 is 27.1. The zero-order chi connectivity index (χ0) is 14.9. The zero-order valence-electron chi connectivity index (χ0n) is 12.0. The molecule has 0 bridgehead atoms. The molecule has 6 heteroatoms. The fraction of sp³-hybridized carbons (Fsp3) is 0.400. The highest BCUT2D eigenvalue weighted by atomic mass is 32.2. The van der Waals surface area contributed by atoms with E-state index in [2.05, 4.69) is 17.1 Å². The molecule has 5 nitrogen and oxygen atoms in total. The van der Waals surface area contributed by atoms with Crippen LogP contribution in [0.4, 0.5) is 0 Å². The molecule has 1 unspecified atom stereocenters. The van der Waals surface area contributed by atoms with Crippen LogP contribution in [-0.4, -0.2) is 36.0 Å². The van der Waals surface area contributed by atoms with Gasteiger partial charge in [-0.3, -0.25) is 5.10 Å². The summed E-state index contributed by atoms with van der Waals surface area (Å²) in [5, 5.41) is 6.98. The van der Waals surface area contributed by atoms with Crippen molar-refractivity contribution in [3.05, 3.63) is 48.3 Å². The van der Waals surface area contributed by atoms with Crippen LogP contribution in [0, 0.1) is 0 Å². The van der Waals surface area contributed by atoms with Gasteiger partial charge in [0.05, 0.1) is 4.90 Å². The van der Waals surface area contributed by atoms with E-state index in [1.165, 1.54) is 0 Å². The molecule has 3 rings (SSSR count). The van der Waals surface area contributed by atoms with Gasteiger partial charge in [0.15, 0.2) is 0 Å². The number of aromatic amines is 1. The van der Waals surface area contributed by atoms with Crippen LogP contribution in [0.15, 0.2) is 47.5 Å². The van der Waals surface area contributed by atoms with Gasteiger partial charge in [0, 0.05) is 30.4 Å². The third-order valence-electron chi connectivity index (χ3n) is 4.19. The Hall–Kier alpha value is -1.66. The van der Waals surface area contributed by atoms with Crippen LogP contribution in [-0.2, 0) is 15.4 Å². The summed E-state index contributed by atoms with van der Waals surface area (Å²) in [7, 11) is -3.43. The standard InChI is InChI=1S/C15H19N3O2S/c1-15(14-8-10-16-17-14)9-5-11-18(12-15)21(19,20)13-6-3-2-4-7-13/h2-4,6-8,10H,5,9,11-12H2,1H3,(H,16,17). The van der Waals surface area contributed by atoms with E-state index in [4.69, 9.17) is 0 Å². The summed E-state index contributed by atoms with van der Waals surface area (Å²) in [5.74, 6) is 0. The van der Waals surface area contributed by atoms with E-state index in [-0.39, 0.29) is 5.41 Å². The molecule has 0 saturated carbocycles. The smallest absolute Gasteiger partial charge is 0.243 e. The van der Waals surface area contributed by atoms with Crippen molar-refractivity contribution in [2.24, 2.45) is 0 Å². The molecule has 1 N–H and O–H groups in total. The highest BCUT2D eigenvalue weighted by Crippen LogP contribution is 2.34. The van der Waals surface area contributed by atoms with E-state index in [0.717, 1.165) is 18.5 Å². The molecule has 112 valence electrons. The molecule has 1 aliphatic heterocycles. The molecule has 1 aromatic heterocycles. The Kier molecular flexibility index (Phi) is 3.59. The van der Waals surface area contributed by atoms with Gasteiger partial charge in [0.2, 0.25) is 10.0 Å². The first-order chi connectivity index (χ1) is 10.0. The molecule has 0 amide bonds. The van der Waals surface area contributed by atoms with Crippen LogP contribution in [0.1, 0.15) is 25.5 Å². The van der Waals surface area contributed by atoms with Gasteiger partial charge in [0.25, 0.3) is 0 Å². The van der Waals surface area contributed by atoms with Crippen molar-refractivity contribution < 1.29 is 8.42 Å². The number of nitrogens with one attached hydrogen (secondary N) is 1. The fourth-order valence-corrected chi connectivity index (χ4v) is 4.58. The average Bonchev–Trinajstić information content (AvgIpc) is 3.03. The Bertz CT molecular complexity index is 698. The van der Waals surface area contributed by atoms with Gasteiger partial charge >= 0.3 is 0 Å². The minimum absolute atomic E-state index is 0.212. The molecule has 1 saturated heterocycles. The van der Waals surface area contributed by atoms with E-state index in [1.54, 1.807) is 34.8 Å². The van der Waals surface area contributed by atoms with Gasteiger partial charge in [-0.2, -0.15) is 9.40 Å². The molecule has 0 radical (unpaired) electrons. The third kappa shape index (κ3) is 2.61. The monoisotopic (exact) mass is 305 g/mol. The maximum absolute atomic E-state index is 12.7. The Morgan fingerprint density at radius 3 is 2.67 bits per heavy atom. The number of hydrogen-bond acceptors (Lipinski definition) is 3. The summed E-state index contributed by atoms with van der Waals surface area (Å²) in [6.07, 6.45) is 3.52. The molecule has 2 aromatic rings. The third-order valence-corrected chi connectivity index (χ3v) is 6.05. The van der Waals surface area contributed by atoms with Crippen LogP contribution in [0.25, 0.3) is 0 Å². The second kappa shape index (κ2) is 5.27. The lowest BCUT2D eigenvalue weighted by atomic mass is 9.80. The lowest BCUT2D eigenvalue weighted by molar-refractivity contribution is 0.236. The average molecular weight is 305 g/mol. The van der Waals surface area contributed by atoms with E-state index < -0.39 is 10.0 Å². The second-order valence-corrected chi connectivity index (χ2v) is 7.72. The van der Waals surface area contributed by atoms with Crippen molar-refractivity contribution in [2.75, 3.05) is 13.1 Å². The maximum Gasteiger partial charge on any atom is 0.243 e. The molecule has 0 spiro atoms. The minimum Gasteiger partial charge on any atom is -0.282 e. The molecular formula is C15H19N3O2S. The topological polar surface area (TPSA) is 66.1 Å².